The minimum atomic E-state index is -1.83. The third-order valence-corrected chi connectivity index (χ3v) is 12.3. The van der Waals surface area contributed by atoms with Gasteiger partial charge in [0.2, 0.25) is 12.2 Å². The highest BCUT2D eigenvalue weighted by Gasteiger charge is 2.40. The molecule has 4 atom stereocenters. The van der Waals surface area contributed by atoms with Crippen LogP contribution in [0.1, 0.15) is 112 Å². The molecule has 0 unspecified atom stereocenters. The number of morpholine rings is 2. The first kappa shape index (κ1) is 62.7. The quantitative estimate of drug-likeness (QED) is 0.0636. The van der Waals surface area contributed by atoms with Gasteiger partial charge < -0.3 is 48.1 Å². The number of hydrogen-bond donors (Lipinski definition) is 1. The van der Waals surface area contributed by atoms with E-state index >= 15 is 0 Å². The van der Waals surface area contributed by atoms with Crippen LogP contribution in [0.3, 0.4) is 0 Å². The molecule has 0 saturated carbocycles. The summed E-state index contributed by atoms with van der Waals surface area (Å²) in [7, 11) is 2.64. The van der Waals surface area contributed by atoms with Crippen LogP contribution in [-0.4, -0.2) is 165 Å². The fraction of sp³-hybridized carbons (Fsp3) is 0.508. The second kappa shape index (κ2) is 33.9. The van der Waals surface area contributed by atoms with Gasteiger partial charge in [-0.25, -0.2) is 37.5 Å². The van der Waals surface area contributed by atoms with E-state index < -0.39 is 82.9 Å². The monoisotopic (exact) mass is 1200 g/mol. The van der Waals surface area contributed by atoms with E-state index in [2.05, 4.69) is 45.3 Å². The summed E-state index contributed by atoms with van der Waals surface area (Å²) in [5, 5.41) is 9.68. The van der Waals surface area contributed by atoms with Crippen molar-refractivity contribution in [2.24, 2.45) is 0 Å². The Hall–Kier alpha value is -8.30. The van der Waals surface area contributed by atoms with E-state index in [1.165, 1.54) is 41.8 Å². The number of aliphatic carboxylic acids is 1. The van der Waals surface area contributed by atoms with Gasteiger partial charge in [-0.05, 0) is 146 Å². The number of ether oxygens (including phenoxy) is 7. The van der Waals surface area contributed by atoms with Crippen LogP contribution in [0, 0.1) is 48.3 Å². The van der Waals surface area contributed by atoms with Gasteiger partial charge in [0.05, 0.1) is 26.4 Å². The van der Waals surface area contributed by atoms with Crippen molar-refractivity contribution in [3.05, 3.63) is 95.6 Å². The Bertz CT molecular complexity index is 2960. The molecule has 20 heteroatoms. The van der Waals surface area contributed by atoms with Crippen LogP contribution >= 0.6 is 0 Å². The van der Waals surface area contributed by atoms with Gasteiger partial charge in [-0.3, -0.25) is 9.80 Å². The second-order valence-electron chi connectivity index (χ2n) is 23.1. The van der Waals surface area contributed by atoms with Gasteiger partial charge >= 0.3 is 36.1 Å². The van der Waals surface area contributed by atoms with E-state index in [-0.39, 0.29) is 32.3 Å². The summed E-state index contributed by atoms with van der Waals surface area (Å²) in [6.45, 7) is 20.9. The molecule has 1 N–H and O–H groups in total. The molecule has 0 spiro atoms. The Morgan fingerprint density at radius 2 is 1.00 bits per heavy atom. The maximum atomic E-state index is 14.8. The highest BCUT2D eigenvalue weighted by molar-refractivity contribution is 5.86. The number of benzene rings is 3. The molecule has 18 nitrogen and oxygen atoms in total. The zero-order valence-corrected chi connectivity index (χ0v) is 50.9. The SMILES string of the molecule is CN(C(=O)OC(C)(C)C)[C@@H](CC(C)(C)F)C(=O)O[C@H](Cc1ccc(N2CCOCC2)cc1)C(=O)O.CN(C(=O)OC(C)(C)C)[C@@H](CC(C)(C)F)C(=O)O[C@H](Cc1ccc(N2CCOCC2)cc1)C(=O)OCc1ccccc1.[2H]C#CC#CC#CC#C.[2H][2H].[2H][2H].[2H][2H].[2H][2H]. The average molecular weight is 1200 g/mol. The predicted molar refractivity (Wildman–Crippen MR) is 327 cm³/mol. The number of carboxylic acids is 1. The van der Waals surface area contributed by atoms with E-state index in [9.17, 15) is 42.7 Å². The number of esters is 3. The summed E-state index contributed by atoms with van der Waals surface area (Å²) in [5.41, 5.74) is -1.13. The molecule has 2 aliphatic heterocycles. The number of terminal acetylenes is 2. The van der Waals surface area contributed by atoms with Crippen LogP contribution in [0.25, 0.3) is 0 Å². The standard InChI is InChI=1S/C32H43FN2O7.C25H37FN2O7.C8H2.4H2/c1-31(2,3)42-30(38)34(6)26(21-32(4,5)33)28(36)41-27(29(37)40-22-24-10-8-7-9-11-24)20-23-12-14-25(15-13-23)35-16-18-39-19-17-35;1-24(2,3)35-23(32)27(6)19(16-25(4,5)26)22(31)34-20(21(29)30)15-17-7-9-18(10-8-17)28-11-13-33-14-12-28;1-3-5-7-8-6-4-2;;;;/h7-15,26-27H,16-22H2,1-6H3;7-10,19-20H,11-16H2,1-6H3,(H,29,30);1-2H;4*1H/t26-,27+;19-,20+;;;;;/m00...../s1/i;;1D;4*1+1D. The molecule has 0 bridgehead atoms. The number of carbonyl (C=O) groups excluding carboxylic acids is 5. The lowest BCUT2D eigenvalue weighted by Gasteiger charge is -2.32. The summed E-state index contributed by atoms with van der Waals surface area (Å²) in [5.74, 6) is 9.51. The number of anilines is 2. The Morgan fingerprint density at radius 1 is 0.612 bits per heavy atom. The molecule has 2 saturated heterocycles. The van der Waals surface area contributed by atoms with Crippen LogP contribution in [0.2, 0.25) is 0 Å². The fourth-order valence-electron chi connectivity index (χ4n) is 8.10. The van der Waals surface area contributed by atoms with Gasteiger partial charge in [0, 0.05) is 89.2 Å². The zero-order chi connectivity index (χ0) is 72.3. The number of rotatable bonds is 20. The Morgan fingerprint density at radius 3 is 1.36 bits per heavy atom. The molecule has 3 aromatic rings. The van der Waals surface area contributed by atoms with E-state index in [4.69, 9.17) is 52.8 Å². The third kappa shape index (κ3) is 27.8. The van der Waals surface area contributed by atoms with Crippen molar-refractivity contribution in [2.45, 2.75) is 148 Å². The number of halogens is 2. The molecule has 0 radical (unpaired) electrons. The van der Waals surface area contributed by atoms with E-state index in [0.717, 1.165) is 58.5 Å². The fourth-order valence-corrected chi connectivity index (χ4v) is 8.10. The molecular formula is C65H90F2N4O14. The Balaban J connectivity index is 0. The molecule has 2 aliphatic rings. The minimum absolute atomic E-state index is 0.0115. The Labute approximate surface area is 513 Å². The maximum absolute atomic E-state index is 14.8. The lowest BCUT2D eigenvalue weighted by atomic mass is 10.00. The molecule has 0 aromatic heterocycles. The molecule has 5 rings (SSSR count). The number of carboxylic acid groups (broad SMARTS) is 1. The minimum Gasteiger partial charge on any atom is -0.478 e. The van der Waals surface area contributed by atoms with Crippen molar-refractivity contribution >= 4 is 47.4 Å². The first-order valence-electron chi connectivity index (χ1n) is 32.1. The summed E-state index contributed by atoms with van der Waals surface area (Å²) in [6.07, 6.45) is 1.36. The molecule has 2 fully saturated rings. The van der Waals surface area contributed by atoms with Crippen LogP contribution in [0.5, 0.6) is 0 Å². The number of likely N-dealkylation sites (N-methyl/N-ethyl adjacent to an activating group) is 2. The molecule has 85 heavy (non-hydrogen) atoms. The normalized spacial score (nSPS) is 15.0. The van der Waals surface area contributed by atoms with Crippen molar-refractivity contribution in [3.8, 4) is 48.3 Å². The molecule has 2 heterocycles. The second-order valence-corrected chi connectivity index (χ2v) is 23.1. The van der Waals surface area contributed by atoms with Gasteiger partial charge in [0.15, 0.2) is 0 Å². The predicted octanol–water partition coefficient (Wildman–Crippen LogP) is 9.77. The number of nitrogens with zero attached hydrogens (tertiary/aromatic N) is 4. The number of hydrogen-bond acceptors (Lipinski definition) is 15. The van der Waals surface area contributed by atoms with Crippen molar-refractivity contribution in [1.29, 1.82) is 0 Å². The van der Waals surface area contributed by atoms with Crippen molar-refractivity contribution in [3.63, 3.8) is 0 Å². The lowest BCUT2D eigenvalue weighted by molar-refractivity contribution is -0.172. The van der Waals surface area contributed by atoms with Gasteiger partial charge in [-0.2, -0.15) is 0 Å². The average Bonchev–Trinajstić information content (AvgIpc) is 0.856. The topological polar surface area (TPSA) is 200 Å². The highest BCUT2D eigenvalue weighted by atomic mass is 19.1. The highest BCUT2D eigenvalue weighted by Crippen LogP contribution is 2.26. The summed E-state index contributed by atoms with van der Waals surface area (Å²) >= 11 is 0. The zero-order valence-electron chi connectivity index (χ0n) is 59.9. The van der Waals surface area contributed by atoms with Crippen molar-refractivity contribution < 1.29 is 89.1 Å². The van der Waals surface area contributed by atoms with Crippen molar-refractivity contribution in [2.75, 3.05) is 76.5 Å². The van der Waals surface area contributed by atoms with E-state index in [1.807, 2.05) is 73.1 Å². The lowest BCUT2D eigenvalue weighted by Crippen LogP contribution is -2.49. The number of alkyl halides is 2. The maximum Gasteiger partial charge on any atom is 0.410 e. The molecule has 3 aromatic carbocycles. The summed E-state index contributed by atoms with van der Waals surface area (Å²) in [4.78, 5) is 83.3. The van der Waals surface area contributed by atoms with Crippen molar-refractivity contribution in [1.82, 2.24) is 9.80 Å². The smallest absolute Gasteiger partial charge is 0.410 e. The van der Waals surface area contributed by atoms with Crippen LogP contribution in [0.15, 0.2) is 78.9 Å². The van der Waals surface area contributed by atoms with Gasteiger partial charge in [-0.1, -0.05) is 54.6 Å². The van der Waals surface area contributed by atoms with Gasteiger partial charge in [0.1, 0.15) is 42.6 Å². The van der Waals surface area contributed by atoms with Crippen LogP contribution in [0.4, 0.5) is 29.7 Å². The van der Waals surface area contributed by atoms with E-state index in [1.54, 1.807) is 53.7 Å². The molecule has 2 amide bonds. The summed E-state index contributed by atoms with van der Waals surface area (Å²) in [6, 6.07) is 21.4. The molecular weight excluding hydrogens is 1100 g/mol. The van der Waals surface area contributed by atoms with E-state index in [0.29, 0.717) is 32.0 Å². The van der Waals surface area contributed by atoms with Gasteiger partial charge in [0.25, 0.3) is 0 Å². The van der Waals surface area contributed by atoms with Gasteiger partial charge in [-0.15, -0.1) is 12.8 Å². The first-order valence-corrected chi connectivity index (χ1v) is 27.6. The largest absolute Gasteiger partial charge is 0.478 e. The molecule has 468 valence electrons. The number of amides is 2. The Kier molecular flexibility index (Phi) is 25.0. The molecule has 0 aliphatic carbocycles. The third-order valence-electron chi connectivity index (χ3n) is 12.3. The van der Waals surface area contributed by atoms with Crippen LogP contribution < -0.4 is 9.80 Å². The van der Waals surface area contributed by atoms with Crippen LogP contribution in [-0.2, 0) is 71.8 Å². The number of carbonyl (C=O) groups is 6. The summed E-state index contributed by atoms with van der Waals surface area (Å²) < 4.78 is 114. The first-order chi connectivity index (χ1) is 44.3.